The third-order valence-corrected chi connectivity index (χ3v) is 4.10. The fourth-order valence-electron chi connectivity index (χ4n) is 2.77. The Balaban J connectivity index is 2.66. The Labute approximate surface area is 129 Å². The van der Waals surface area contributed by atoms with Gasteiger partial charge in [0.2, 0.25) is 0 Å². The number of aryl methyl sites for hydroxylation is 4. The van der Waals surface area contributed by atoms with E-state index in [0.717, 1.165) is 44.8 Å². The molecule has 1 unspecified atom stereocenters. The van der Waals surface area contributed by atoms with Crippen molar-refractivity contribution >= 4 is 20.8 Å². The molecule has 4 N–H and O–H groups in total. The molecule has 0 aromatic heterocycles. The number of hydrogen-bond donors (Lipinski definition) is 2. The van der Waals surface area contributed by atoms with Crippen molar-refractivity contribution in [1.29, 1.82) is 0 Å². The monoisotopic (exact) mass is 302 g/mol. The van der Waals surface area contributed by atoms with Gasteiger partial charge in [-0.2, -0.15) is 0 Å². The summed E-state index contributed by atoms with van der Waals surface area (Å²) in [6, 6.07) is 8.27. The van der Waals surface area contributed by atoms with Crippen molar-refractivity contribution < 1.29 is 4.52 Å². The zero-order valence-corrected chi connectivity index (χ0v) is 14.2. The lowest BCUT2D eigenvalue weighted by atomic mass is 9.92. The second kappa shape index (κ2) is 6.05. The predicted molar refractivity (Wildman–Crippen MR) is 93.3 cm³/mol. The van der Waals surface area contributed by atoms with Gasteiger partial charge in [0, 0.05) is 32.0 Å². The van der Waals surface area contributed by atoms with Crippen LogP contribution in [0.1, 0.15) is 39.5 Å². The minimum absolute atomic E-state index is 0.285. The van der Waals surface area contributed by atoms with Gasteiger partial charge >= 0.3 is 0 Å². The van der Waals surface area contributed by atoms with Crippen molar-refractivity contribution in [3.05, 3.63) is 57.6 Å². The Hall–Kier alpha value is -1.57. The van der Waals surface area contributed by atoms with Crippen LogP contribution in [-0.2, 0) is 4.52 Å². The molecule has 2 aromatic rings. The lowest BCUT2D eigenvalue weighted by molar-refractivity contribution is 0.295. The van der Waals surface area contributed by atoms with Gasteiger partial charge < -0.3 is 16.0 Å². The van der Waals surface area contributed by atoms with Crippen molar-refractivity contribution in [2.24, 2.45) is 0 Å². The van der Waals surface area contributed by atoms with E-state index in [1.165, 1.54) is 0 Å². The van der Waals surface area contributed by atoms with Gasteiger partial charge in [0.1, 0.15) is 6.10 Å². The molecule has 0 amide bonds. The molecule has 0 radical (unpaired) electrons. The summed E-state index contributed by atoms with van der Waals surface area (Å²) in [5, 5.41) is 0. The van der Waals surface area contributed by atoms with E-state index >= 15 is 0 Å². The average Bonchev–Trinajstić information content (AvgIpc) is 2.41. The largest absolute Gasteiger partial charge is 0.398 e. The summed E-state index contributed by atoms with van der Waals surface area (Å²) in [6.45, 7) is 8.13. The maximum atomic E-state index is 6.26. The SMILES string of the molecule is Cc1cc(C)c(N)c(C(OP)c2cc(C)cc(C)c2N)c1. The van der Waals surface area contributed by atoms with Gasteiger partial charge in [0.15, 0.2) is 0 Å². The van der Waals surface area contributed by atoms with Crippen LogP contribution in [0, 0.1) is 27.7 Å². The second-order valence-corrected chi connectivity index (χ2v) is 5.96. The number of nitrogen functional groups attached to an aromatic ring is 2. The Morgan fingerprint density at radius 3 is 1.52 bits per heavy atom. The van der Waals surface area contributed by atoms with Gasteiger partial charge in [0.05, 0.1) is 0 Å². The summed E-state index contributed by atoms with van der Waals surface area (Å²) >= 11 is 0. The molecule has 0 spiro atoms. The Bertz CT molecular complexity index is 625. The van der Waals surface area contributed by atoms with Gasteiger partial charge in [-0.15, -0.1) is 0 Å². The minimum Gasteiger partial charge on any atom is -0.398 e. The van der Waals surface area contributed by atoms with Crippen LogP contribution in [0.3, 0.4) is 0 Å². The minimum atomic E-state index is -0.285. The first-order valence-corrected chi connectivity index (χ1v) is 7.41. The molecule has 0 bridgehead atoms. The Kier molecular flexibility index (Phi) is 4.55. The lowest BCUT2D eigenvalue weighted by Gasteiger charge is -2.22. The van der Waals surface area contributed by atoms with E-state index in [9.17, 15) is 0 Å². The molecule has 0 aliphatic rings. The zero-order chi connectivity index (χ0) is 15.7. The van der Waals surface area contributed by atoms with Gasteiger partial charge in [0.25, 0.3) is 0 Å². The van der Waals surface area contributed by atoms with Crippen LogP contribution in [0.15, 0.2) is 24.3 Å². The van der Waals surface area contributed by atoms with Gasteiger partial charge in [-0.25, -0.2) is 0 Å². The van der Waals surface area contributed by atoms with Crippen molar-refractivity contribution in [3.8, 4) is 0 Å². The first kappa shape index (κ1) is 15.8. The van der Waals surface area contributed by atoms with Crippen LogP contribution in [0.4, 0.5) is 11.4 Å². The predicted octanol–water partition coefficient (Wildman–Crippen LogP) is 3.98. The quantitative estimate of drug-likeness (QED) is 0.666. The smallest absolute Gasteiger partial charge is 0.115 e. The van der Waals surface area contributed by atoms with Gasteiger partial charge in [-0.3, -0.25) is 0 Å². The third kappa shape index (κ3) is 3.04. The summed E-state index contributed by atoms with van der Waals surface area (Å²) in [5.74, 6) is 0. The lowest BCUT2D eigenvalue weighted by Crippen LogP contribution is -2.10. The number of nitrogens with two attached hydrogens (primary N) is 2. The molecule has 112 valence electrons. The highest BCUT2D eigenvalue weighted by molar-refractivity contribution is 7.09. The molecular formula is C17H23N2OP. The normalized spacial score (nSPS) is 11.1. The molecule has 2 aromatic carbocycles. The van der Waals surface area contributed by atoms with Crippen molar-refractivity contribution in [3.63, 3.8) is 0 Å². The van der Waals surface area contributed by atoms with E-state index in [4.69, 9.17) is 16.0 Å². The summed E-state index contributed by atoms with van der Waals surface area (Å²) in [6.07, 6.45) is -0.285. The molecule has 4 heteroatoms. The Morgan fingerprint density at radius 1 is 0.810 bits per heavy atom. The van der Waals surface area contributed by atoms with Crippen LogP contribution >= 0.6 is 9.47 Å². The molecular weight excluding hydrogens is 279 g/mol. The van der Waals surface area contributed by atoms with E-state index in [0.29, 0.717) is 0 Å². The number of hydrogen-bond acceptors (Lipinski definition) is 3. The highest BCUT2D eigenvalue weighted by Gasteiger charge is 2.21. The molecule has 3 nitrogen and oxygen atoms in total. The number of anilines is 2. The molecule has 0 aliphatic heterocycles. The fourth-order valence-corrected chi connectivity index (χ4v) is 3.06. The summed E-state index contributed by atoms with van der Waals surface area (Å²) in [5.41, 5.74) is 20.4. The van der Waals surface area contributed by atoms with E-state index in [-0.39, 0.29) is 6.10 Å². The Morgan fingerprint density at radius 2 is 1.19 bits per heavy atom. The van der Waals surface area contributed by atoms with Crippen LogP contribution in [-0.4, -0.2) is 0 Å². The van der Waals surface area contributed by atoms with Crippen molar-refractivity contribution in [1.82, 2.24) is 0 Å². The highest BCUT2D eigenvalue weighted by atomic mass is 31.0. The van der Waals surface area contributed by atoms with Crippen molar-refractivity contribution in [2.45, 2.75) is 33.8 Å². The van der Waals surface area contributed by atoms with Crippen molar-refractivity contribution in [2.75, 3.05) is 11.5 Å². The van der Waals surface area contributed by atoms with E-state index in [1.807, 2.05) is 13.8 Å². The maximum absolute atomic E-state index is 6.26. The number of benzene rings is 2. The van der Waals surface area contributed by atoms with Gasteiger partial charge in [-0.1, -0.05) is 35.4 Å². The van der Waals surface area contributed by atoms with Gasteiger partial charge in [-0.05, 0) is 38.8 Å². The summed E-state index contributed by atoms with van der Waals surface area (Å²) in [4.78, 5) is 0. The van der Waals surface area contributed by atoms with E-state index < -0.39 is 0 Å². The summed E-state index contributed by atoms with van der Waals surface area (Å²) < 4.78 is 5.66. The zero-order valence-electron chi connectivity index (χ0n) is 13.0. The first-order chi connectivity index (χ1) is 9.85. The molecule has 2 rings (SSSR count). The topological polar surface area (TPSA) is 61.3 Å². The molecule has 0 saturated carbocycles. The summed E-state index contributed by atoms with van der Waals surface area (Å²) in [7, 11) is 2.34. The van der Waals surface area contributed by atoms with E-state index in [2.05, 4.69) is 47.6 Å². The molecule has 21 heavy (non-hydrogen) atoms. The fraction of sp³-hybridized carbons (Fsp3) is 0.294. The van der Waals surface area contributed by atoms with Crippen LogP contribution < -0.4 is 11.5 Å². The van der Waals surface area contributed by atoms with E-state index in [1.54, 1.807) is 0 Å². The van der Waals surface area contributed by atoms with Crippen LogP contribution in [0.5, 0.6) is 0 Å². The average molecular weight is 302 g/mol. The highest BCUT2D eigenvalue weighted by Crippen LogP contribution is 2.38. The molecule has 0 heterocycles. The molecule has 1 atom stereocenters. The standard InChI is InChI=1S/C17H23N2OP/c1-9-5-11(3)15(18)13(7-9)17(20-21)14-8-10(2)6-12(4)16(14)19/h5-8,17H,18-19,21H2,1-4H3. The second-order valence-electron chi connectivity index (χ2n) is 5.69. The molecule has 0 aliphatic carbocycles. The third-order valence-electron chi connectivity index (χ3n) is 3.83. The molecule has 0 fully saturated rings. The van der Waals surface area contributed by atoms with Crippen LogP contribution in [0.2, 0.25) is 0 Å². The van der Waals surface area contributed by atoms with Crippen LogP contribution in [0.25, 0.3) is 0 Å². The number of rotatable bonds is 3. The maximum Gasteiger partial charge on any atom is 0.115 e. The first-order valence-electron chi connectivity index (χ1n) is 6.94. The molecule has 0 saturated heterocycles.